The molecule has 1 saturated heterocycles. The Bertz CT molecular complexity index is 924. The third-order valence-corrected chi connectivity index (χ3v) is 4.13. The molecule has 0 bridgehead atoms. The lowest BCUT2D eigenvalue weighted by Crippen LogP contribution is -2.39. The number of fused-ring (bicyclic) bond motifs is 1. The molecule has 1 aliphatic heterocycles. The minimum absolute atomic E-state index is 0.0000262. The highest BCUT2D eigenvalue weighted by atomic mass is 16.5. The van der Waals surface area contributed by atoms with Gasteiger partial charge in [-0.3, -0.25) is 29.3 Å². The Morgan fingerprint density at radius 1 is 1.52 bits per heavy atom. The Morgan fingerprint density at radius 3 is 2.89 bits per heavy atom. The number of nitrogens with one attached hydrogen (secondary N) is 2. The van der Waals surface area contributed by atoms with Crippen molar-refractivity contribution in [3.63, 3.8) is 0 Å². The van der Waals surface area contributed by atoms with E-state index in [0.717, 1.165) is 0 Å². The number of aliphatic hydroxyl groups is 2. The van der Waals surface area contributed by atoms with E-state index in [-0.39, 0.29) is 36.6 Å². The van der Waals surface area contributed by atoms with Gasteiger partial charge >= 0.3 is 0 Å². The first-order valence-corrected chi connectivity index (χ1v) is 8.06. The topological polar surface area (TPSA) is 211 Å². The lowest BCUT2D eigenvalue weighted by Gasteiger charge is -2.14. The number of rotatable bonds is 6. The summed E-state index contributed by atoms with van der Waals surface area (Å²) in [7, 11) is 0. The van der Waals surface area contributed by atoms with Gasteiger partial charge in [-0.15, -0.1) is 0 Å². The molecule has 3 heterocycles. The third-order valence-electron chi connectivity index (χ3n) is 4.13. The number of imidazole rings is 1. The summed E-state index contributed by atoms with van der Waals surface area (Å²) in [6.07, 6.45) is -1.24. The molecule has 146 valence electrons. The third kappa shape index (κ3) is 3.80. The number of nitrogens with two attached hydrogens (primary N) is 2. The summed E-state index contributed by atoms with van der Waals surface area (Å²) in [5.74, 6) is -1.70. The molecule has 0 aliphatic carbocycles. The maximum Gasteiger partial charge on any atom is 0.280 e. The number of hydrogen-bond acceptors (Lipinski definition) is 9. The minimum atomic E-state index is -1.20. The van der Waals surface area contributed by atoms with Crippen LogP contribution in [0, 0.1) is 0 Å². The number of H-pyrrole nitrogens is 1. The van der Waals surface area contributed by atoms with Crippen LogP contribution in [-0.2, 0) is 14.3 Å². The Hall–Kier alpha value is -2.87. The van der Waals surface area contributed by atoms with E-state index in [9.17, 15) is 24.6 Å². The van der Waals surface area contributed by atoms with E-state index in [0.29, 0.717) is 0 Å². The van der Waals surface area contributed by atoms with Gasteiger partial charge in [-0.2, -0.15) is 4.98 Å². The van der Waals surface area contributed by atoms with Crippen molar-refractivity contribution >= 4 is 28.9 Å². The van der Waals surface area contributed by atoms with Gasteiger partial charge in [-0.05, 0) is 0 Å². The van der Waals surface area contributed by atoms with Gasteiger partial charge in [-0.1, -0.05) is 0 Å². The minimum Gasteiger partial charge on any atom is -0.394 e. The van der Waals surface area contributed by atoms with E-state index in [2.05, 4.69) is 20.3 Å². The number of aromatic amines is 1. The molecule has 27 heavy (non-hydrogen) atoms. The molecule has 13 nitrogen and oxygen atoms in total. The van der Waals surface area contributed by atoms with Crippen LogP contribution in [0.3, 0.4) is 0 Å². The second-order valence-electron chi connectivity index (χ2n) is 6.12. The normalized spacial score (nSPS) is 23.4. The Morgan fingerprint density at radius 2 is 2.26 bits per heavy atom. The van der Waals surface area contributed by atoms with Gasteiger partial charge in [0.1, 0.15) is 12.3 Å². The second kappa shape index (κ2) is 7.40. The maximum atomic E-state index is 12.2. The molecule has 4 atom stereocenters. The van der Waals surface area contributed by atoms with Crippen LogP contribution in [0.15, 0.2) is 11.1 Å². The van der Waals surface area contributed by atoms with E-state index in [1.807, 2.05) is 0 Å². The van der Waals surface area contributed by atoms with Crippen LogP contribution in [0.2, 0.25) is 0 Å². The Balaban J connectivity index is 1.88. The van der Waals surface area contributed by atoms with E-state index in [4.69, 9.17) is 16.2 Å². The average molecular weight is 381 g/mol. The smallest absolute Gasteiger partial charge is 0.280 e. The zero-order chi connectivity index (χ0) is 19.7. The van der Waals surface area contributed by atoms with Gasteiger partial charge in [-0.25, -0.2) is 4.98 Å². The van der Waals surface area contributed by atoms with E-state index >= 15 is 0 Å². The lowest BCUT2D eigenvalue weighted by atomic mass is 10.2. The van der Waals surface area contributed by atoms with Crippen LogP contribution < -0.4 is 22.3 Å². The lowest BCUT2D eigenvalue weighted by molar-refractivity contribution is -0.123. The SMILES string of the molecule is NC(=O)C[C@H](N)C(=O)Nc1nc2c(ncn2[C@H]2C[C@H](O)[C@@H](CO)O2)c(=O)[nH]1. The van der Waals surface area contributed by atoms with Gasteiger partial charge in [0.2, 0.25) is 17.8 Å². The molecule has 2 amide bonds. The van der Waals surface area contributed by atoms with Gasteiger partial charge in [0.05, 0.1) is 31.5 Å². The standard InChI is InChI=1S/C14H19N7O6/c15-5(1-8(16)24)12(25)19-14-18-11-10(13(26)20-14)17-4-21(11)9-2-6(23)7(3-22)27-9/h4-7,9,22-23H,1-3,15H2,(H2,16,24)(H2,18,19,20,25,26)/t5-,6-,7+,9+/m0/s1. The molecule has 0 unspecified atom stereocenters. The molecule has 1 aliphatic rings. The second-order valence-corrected chi connectivity index (χ2v) is 6.12. The molecular weight excluding hydrogens is 362 g/mol. The molecular formula is C14H19N7O6. The van der Waals surface area contributed by atoms with Gasteiger partial charge in [0.25, 0.3) is 5.56 Å². The number of amides is 2. The fourth-order valence-electron chi connectivity index (χ4n) is 2.77. The van der Waals surface area contributed by atoms with Crippen molar-refractivity contribution in [2.75, 3.05) is 11.9 Å². The fraction of sp³-hybridized carbons (Fsp3) is 0.500. The van der Waals surface area contributed by atoms with Crippen LogP contribution >= 0.6 is 0 Å². The number of aromatic nitrogens is 4. The van der Waals surface area contributed by atoms with Gasteiger partial charge in [0, 0.05) is 6.42 Å². The fourth-order valence-corrected chi connectivity index (χ4v) is 2.77. The van der Waals surface area contributed by atoms with Crippen LogP contribution in [0.25, 0.3) is 11.2 Å². The zero-order valence-electron chi connectivity index (χ0n) is 14.0. The molecule has 1 fully saturated rings. The molecule has 0 aromatic carbocycles. The first kappa shape index (κ1) is 18.9. The molecule has 0 saturated carbocycles. The summed E-state index contributed by atoms with van der Waals surface area (Å²) < 4.78 is 6.95. The van der Waals surface area contributed by atoms with E-state index < -0.39 is 41.9 Å². The molecule has 2 aromatic rings. The van der Waals surface area contributed by atoms with Crippen LogP contribution in [-0.4, -0.2) is 66.4 Å². The molecule has 0 spiro atoms. The van der Waals surface area contributed by atoms with Crippen molar-refractivity contribution in [2.24, 2.45) is 11.5 Å². The number of carbonyl (C=O) groups excluding carboxylic acids is 2. The van der Waals surface area contributed by atoms with Crippen LogP contribution in [0.5, 0.6) is 0 Å². The molecule has 3 rings (SSSR count). The first-order valence-electron chi connectivity index (χ1n) is 8.06. The monoisotopic (exact) mass is 381 g/mol. The highest BCUT2D eigenvalue weighted by Crippen LogP contribution is 2.30. The average Bonchev–Trinajstić information content (AvgIpc) is 3.17. The van der Waals surface area contributed by atoms with Crippen molar-refractivity contribution in [1.29, 1.82) is 0 Å². The van der Waals surface area contributed by atoms with Crippen molar-refractivity contribution in [3.8, 4) is 0 Å². The van der Waals surface area contributed by atoms with Crippen molar-refractivity contribution in [3.05, 3.63) is 16.7 Å². The zero-order valence-corrected chi connectivity index (χ0v) is 14.0. The van der Waals surface area contributed by atoms with Crippen molar-refractivity contribution < 1.29 is 24.5 Å². The number of nitrogens with zero attached hydrogens (tertiary/aromatic N) is 3. The summed E-state index contributed by atoms with van der Waals surface area (Å²) >= 11 is 0. The number of hydrogen-bond donors (Lipinski definition) is 6. The molecule has 0 radical (unpaired) electrons. The Kier molecular flexibility index (Phi) is 5.18. The predicted molar refractivity (Wildman–Crippen MR) is 90.2 cm³/mol. The highest BCUT2D eigenvalue weighted by Gasteiger charge is 2.35. The molecule has 8 N–H and O–H groups in total. The number of aliphatic hydroxyl groups excluding tert-OH is 2. The summed E-state index contributed by atoms with van der Waals surface area (Å²) in [6, 6.07) is -1.20. The number of ether oxygens (including phenoxy) is 1. The van der Waals surface area contributed by atoms with Gasteiger partial charge in [0.15, 0.2) is 11.2 Å². The summed E-state index contributed by atoms with van der Waals surface area (Å²) in [5.41, 5.74) is 10.0. The molecule has 2 aromatic heterocycles. The summed E-state index contributed by atoms with van der Waals surface area (Å²) in [6.45, 7) is -0.364. The summed E-state index contributed by atoms with van der Waals surface area (Å²) in [4.78, 5) is 45.5. The van der Waals surface area contributed by atoms with E-state index in [1.165, 1.54) is 10.9 Å². The largest absolute Gasteiger partial charge is 0.394 e. The Labute approximate surface area is 151 Å². The maximum absolute atomic E-state index is 12.2. The first-order chi connectivity index (χ1) is 12.8. The quantitative estimate of drug-likeness (QED) is 0.298. The van der Waals surface area contributed by atoms with Crippen molar-refractivity contribution in [2.45, 2.75) is 37.3 Å². The number of carbonyl (C=O) groups is 2. The number of primary amides is 1. The van der Waals surface area contributed by atoms with Gasteiger partial charge < -0.3 is 26.4 Å². The van der Waals surface area contributed by atoms with Crippen molar-refractivity contribution in [1.82, 2.24) is 19.5 Å². The van der Waals surface area contributed by atoms with Crippen LogP contribution in [0.1, 0.15) is 19.1 Å². The van der Waals surface area contributed by atoms with E-state index in [1.54, 1.807) is 0 Å². The summed E-state index contributed by atoms with van der Waals surface area (Å²) in [5, 5.41) is 21.4. The predicted octanol–water partition coefficient (Wildman–Crippen LogP) is -3.10. The number of anilines is 1. The highest BCUT2D eigenvalue weighted by molar-refractivity contribution is 5.96. The molecule has 13 heteroatoms. The van der Waals surface area contributed by atoms with Crippen LogP contribution in [0.4, 0.5) is 5.95 Å².